The molecule has 2 aromatic rings. The molecule has 1 aliphatic carbocycles. The molecular formula is C18H19ClN2O. The Kier molecular flexibility index (Phi) is 4.74. The second-order valence-electron chi connectivity index (χ2n) is 5.63. The first-order valence-corrected chi connectivity index (χ1v) is 8.14. The second kappa shape index (κ2) is 6.93. The van der Waals surface area contributed by atoms with Gasteiger partial charge in [0.05, 0.1) is 16.6 Å². The zero-order valence-electron chi connectivity index (χ0n) is 12.4. The normalized spacial score (nSPS) is 16.7. The standard InChI is InChI=1S/C18H19ClN2O/c19-16-11-5-4-10-15(16)18(22)21-13-7-6-12-17(21)20-14-8-2-1-3-9-14/h4-7,10-14H,1-3,8-9H2. The maximum absolute atomic E-state index is 12.7. The molecule has 0 unspecified atom stereocenters. The molecular weight excluding hydrogens is 296 g/mol. The molecule has 22 heavy (non-hydrogen) atoms. The number of hydrogen-bond donors (Lipinski definition) is 0. The summed E-state index contributed by atoms with van der Waals surface area (Å²) in [6.45, 7) is 0. The first-order valence-electron chi connectivity index (χ1n) is 7.76. The fourth-order valence-corrected chi connectivity index (χ4v) is 3.09. The van der Waals surface area contributed by atoms with Gasteiger partial charge in [-0.1, -0.05) is 49.1 Å². The van der Waals surface area contributed by atoms with E-state index in [2.05, 4.69) is 0 Å². The Morgan fingerprint density at radius 2 is 1.77 bits per heavy atom. The number of hydrogen-bond acceptors (Lipinski definition) is 2. The number of pyridine rings is 1. The summed E-state index contributed by atoms with van der Waals surface area (Å²) in [5.74, 6) is -0.138. The summed E-state index contributed by atoms with van der Waals surface area (Å²) in [4.78, 5) is 17.5. The molecule has 0 atom stereocenters. The van der Waals surface area contributed by atoms with Crippen LogP contribution in [0.2, 0.25) is 5.02 Å². The van der Waals surface area contributed by atoms with Crippen molar-refractivity contribution in [3.63, 3.8) is 0 Å². The first-order chi connectivity index (χ1) is 10.8. The summed E-state index contributed by atoms with van der Waals surface area (Å²) in [6.07, 6.45) is 7.70. The van der Waals surface area contributed by atoms with Crippen molar-refractivity contribution in [2.45, 2.75) is 38.1 Å². The quantitative estimate of drug-likeness (QED) is 0.823. The summed E-state index contributed by atoms with van der Waals surface area (Å²) in [5.41, 5.74) is 1.21. The average Bonchev–Trinajstić information content (AvgIpc) is 2.56. The topological polar surface area (TPSA) is 34.4 Å². The van der Waals surface area contributed by atoms with Gasteiger partial charge in [0.1, 0.15) is 5.49 Å². The van der Waals surface area contributed by atoms with E-state index in [0.29, 0.717) is 22.1 Å². The number of nitrogens with zero attached hydrogens (tertiary/aromatic N) is 2. The van der Waals surface area contributed by atoms with E-state index >= 15 is 0 Å². The third kappa shape index (κ3) is 3.30. The van der Waals surface area contributed by atoms with Crippen LogP contribution < -0.4 is 5.49 Å². The third-order valence-electron chi connectivity index (χ3n) is 4.05. The smallest absolute Gasteiger partial charge is 0.265 e. The number of halogens is 1. The lowest BCUT2D eigenvalue weighted by Crippen LogP contribution is -2.29. The van der Waals surface area contributed by atoms with Crippen LogP contribution in [0.4, 0.5) is 0 Å². The van der Waals surface area contributed by atoms with Crippen LogP contribution in [0.3, 0.4) is 0 Å². The summed E-state index contributed by atoms with van der Waals surface area (Å²) in [7, 11) is 0. The monoisotopic (exact) mass is 314 g/mol. The van der Waals surface area contributed by atoms with E-state index in [1.54, 1.807) is 22.9 Å². The van der Waals surface area contributed by atoms with Gasteiger partial charge in [0.15, 0.2) is 0 Å². The van der Waals surface area contributed by atoms with Crippen molar-refractivity contribution in [2.75, 3.05) is 0 Å². The first kappa shape index (κ1) is 15.0. The molecule has 0 amide bonds. The van der Waals surface area contributed by atoms with E-state index in [9.17, 15) is 4.79 Å². The molecule has 1 aliphatic rings. The van der Waals surface area contributed by atoms with Gasteiger partial charge in [0, 0.05) is 6.20 Å². The number of carbonyl (C=O) groups is 1. The van der Waals surface area contributed by atoms with Crippen LogP contribution in [0, 0.1) is 0 Å². The van der Waals surface area contributed by atoms with Gasteiger partial charge >= 0.3 is 0 Å². The Morgan fingerprint density at radius 1 is 1.05 bits per heavy atom. The van der Waals surface area contributed by atoms with Gasteiger partial charge in [-0.05, 0) is 37.1 Å². The van der Waals surface area contributed by atoms with Crippen molar-refractivity contribution in [1.29, 1.82) is 0 Å². The Labute approximate surface area is 135 Å². The number of benzene rings is 1. The van der Waals surface area contributed by atoms with Crippen LogP contribution in [-0.4, -0.2) is 16.5 Å². The van der Waals surface area contributed by atoms with Gasteiger partial charge in [0.25, 0.3) is 5.91 Å². The molecule has 3 nitrogen and oxygen atoms in total. The Balaban J connectivity index is 1.99. The van der Waals surface area contributed by atoms with Crippen molar-refractivity contribution < 1.29 is 4.79 Å². The lowest BCUT2D eigenvalue weighted by Gasteiger charge is -2.17. The fourth-order valence-electron chi connectivity index (χ4n) is 2.87. The number of rotatable bonds is 2. The summed E-state index contributed by atoms with van der Waals surface area (Å²) >= 11 is 6.15. The maximum Gasteiger partial charge on any atom is 0.265 e. The van der Waals surface area contributed by atoms with Crippen molar-refractivity contribution in [3.8, 4) is 0 Å². The maximum atomic E-state index is 12.7. The predicted molar refractivity (Wildman–Crippen MR) is 88.0 cm³/mol. The minimum Gasteiger partial charge on any atom is -0.268 e. The van der Waals surface area contributed by atoms with Gasteiger partial charge in [-0.2, -0.15) is 0 Å². The van der Waals surface area contributed by atoms with E-state index < -0.39 is 0 Å². The SMILES string of the molecule is O=C(c1ccccc1Cl)n1ccccc1=NC1CCCCC1. The van der Waals surface area contributed by atoms with E-state index in [-0.39, 0.29) is 5.91 Å². The molecule has 1 heterocycles. The van der Waals surface area contributed by atoms with Crippen LogP contribution in [0.15, 0.2) is 53.7 Å². The molecule has 0 N–H and O–H groups in total. The molecule has 114 valence electrons. The largest absolute Gasteiger partial charge is 0.268 e. The predicted octanol–water partition coefficient (Wildman–Crippen LogP) is 4.06. The Bertz CT molecular complexity index is 730. The molecule has 0 spiro atoms. The molecule has 1 saturated carbocycles. The van der Waals surface area contributed by atoms with Gasteiger partial charge in [-0.25, -0.2) is 0 Å². The van der Waals surface area contributed by atoms with Crippen LogP contribution >= 0.6 is 11.6 Å². The molecule has 1 fully saturated rings. The second-order valence-corrected chi connectivity index (χ2v) is 6.04. The van der Waals surface area contributed by atoms with E-state index in [4.69, 9.17) is 16.6 Å². The van der Waals surface area contributed by atoms with E-state index in [0.717, 1.165) is 12.8 Å². The van der Waals surface area contributed by atoms with Crippen molar-refractivity contribution >= 4 is 17.5 Å². The van der Waals surface area contributed by atoms with Gasteiger partial charge in [0.2, 0.25) is 0 Å². The molecule has 4 heteroatoms. The summed E-state index contributed by atoms with van der Waals surface area (Å²) < 4.78 is 1.59. The van der Waals surface area contributed by atoms with Crippen molar-refractivity contribution in [3.05, 3.63) is 64.7 Å². The Hall–Kier alpha value is -1.87. The summed E-state index contributed by atoms with van der Waals surface area (Å²) in [6, 6.07) is 13.1. The minimum atomic E-state index is -0.138. The zero-order valence-corrected chi connectivity index (χ0v) is 13.2. The van der Waals surface area contributed by atoms with Crippen molar-refractivity contribution in [2.24, 2.45) is 4.99 Å². The lowest BCUT2D eigenvalue weighted by atomic mass is 9.96. The van der Waals surface area contributed by atoms with E-state index in [1.165, 1.54) is 19.3 Å². The minimum absolute atomic E-state index is 0.138. The lowest BCUT2D eigenvalue weighted by molar-refractivity contribution is 0.0954. The highest BCUT2D eigenvalue weighted by Gasteiger charge is 2.14. The van der Waals surface area contributed by atoms with E-state index in [1.807, 2.05) is 30.3 Å². The average molecular weight is 315 g/mol. The van der Waals surface area contributed by atoms with Gasteiger partial charge in [-0.15, -0.1) is 0 Å². The molecule has 1 aromatic carbocycles. The zero-order chi connectivity index (χ0) is 15.4. The highest BCUT2D eigenvalue weighted by Crippen LogP contribution is 2.20. The van der Waals surface area contributed by atoms with Crippen molar-refractivity contribution in [1.82, 2.24) is 4.57 Å². The molecule has 0 radical (unpaired) electrons. The van der Waals surface area contributed by atoms with Crippen LogP contribution in [-0.2, 0) is 0 Å². The van der Waals surface area contributed by atoms with Crippen LogP contribution in [0.1, 0.15) is 42.5 Å². The number of carbonyl (C=O) groups excluding carboxylic acids is 1. The highest BCUT2D eigenvalue weighted by atomic mass is 35.5. The fraction of sp³-hybridized carbons (Fsp3) is 0.333. The van der Waals surface area contributed by atoms with Crippen LogP contribution in [0.25, 0.3) is 0 Å². The molecule has 0 bridgehead atoms. The molecule has 1 aromatic heterocycles. The van der Waals surface area contributed by atoms with Gasteiger partial charge < -0.3 is 0 Å². The van der Waals surface area contributed by atoms with Crippen LogP contribution in [0.5, 0.6) is 0 Å². The molecule has 3 rings (SSSR count). The number of aromatic nitrogens is 1. The Morgan fingerprint density at radius 3 is 2.55 bits per heavy atom. The molecule has 0 saturated heterocycles. The van der Waals surface area contributed by atoms with Gasteiger partial charge in [-0.3, -0.25) is 14.4 Å². The third-order valence-corrected chi connectivity index (χ3v) is 4.38. The summed E-state index contributed by atoms with van der Waals surface area (Å²) in [5, 5.41) is 0.465. The highest BCUT2D eigenvalue weighted by molar-refractivity contribution is 6.33. The molecule has 0 aliphatic heterocycles.